The predicted molar refractivity (Wildman–Crippen MR) is 67.2 cm³/mol. The standard InChI is InChI=1S/C10H17N3O3S/c1-7(6-16-2)13-9-4-3-8(11)5-10(9)17(12,14)15/h3-5,7,13H,6,11H2,1-2H3,(H2,12,14,15). The van der Waals surface area contributed by atoms with Crippen molar-refractivity contribution >= 4 is 21.4 Å². The van der Waals surface area contributed by atoms with E-state index in [9.17, 15) is 8.42 Å². The molecule has 0 radical (unpaired) electrons. The molecule has 1 rings (SSSR count). The Hall–Kier alpha value is -1.31. The lowest BCUT2D eigenvalue weighted by Crippen LogP contribution is -2.23. The van der Waals surface area contributed by atoms with Crippen LogP contribution in [0, 0.1) is 0 Å². The second-order valence-corrected chi connectivity index (χ2v) is 5.33. The van der Waals surface area contributed by atoms with E-state index in [1.54, 1.807) is 19.2 Å². The lowest BCUT2D eigenvalue weighted by atomic mass is 10.2. The number of rotatable bonds is 5. The highest BCUT2D eigenvalue weighted by Crippen LogP contribution is 2.23. The minimum absolute atomic E-state index is 0.0135. The minimum atomic E-state index is -3.80. The molecule has 7 heteroatoms. The van der Waals surface area contributed by atoms with E-state index in [0.29, 0.717) is 18.0 Å². The van der Waals surface area contributed by atoms with E-state index in [-0.39, 0.29) is 10.9 Å². The van der Waals surface area contributed by atoms with E-state index < -0.39 is 10.0 Å². The maximum atomic E-state index is 11.4. The Balaban J connectivity index is 3.07. The van der Waals surface area contributed by atoms with Crippen molar-refractivity contribution in [1.82, 2.24) is 0 Å². The normalized spacial score (nSPS) is 13.4. The third kappa shape index (κ3) is 3.88. The minimum Gasteiger partial charge on any atom is -0.399 e. The van der Waals surface area contributed by atoms with Crippen molar-refractivity contribution in [2.75, 3.05) is 24.8 Å². The smallest absolute Gasteiger partial charge is 0.240 e. The van der Waals surface area contributed by atoms with Gasteiger partial charge in [0.1, 0.15) is 4.90 Å². The number of hydrogen-bond acceptors (Lipinski definition) is 5. The Bertz CT molecular complexity index is 488. The first-order valence-electron chi connectivity index (χ1n) is 5.02. The molecule has 0 fully saturated rings. The maximum Gasteiger partial charge on any atom is 0.240 e. The summed E-state index contributed by atoms with van der Waals surface area (Å²) in [5, 5.41) is 8.13. The van der Waals surface area contributed by atoms with Gasteiger partial charge >= 0.3 is 0 Å². The number of nitrogens with one attached hydrogen (secondary N) is 1. The molecule has 0 aliphatic carbocycles. The summed E-state index contributed by atoms with van der Waals surface area (Å²) in [6.07, 6.45) is 0. The molecule has 0 aromatic heterocycles. The summed E-state index contributed by atoms with van der Waals surface area (Å²) < 4.78 is 27.7. The largest absolute Gasteiger partial charge is 0.399 e. The molecule has 0 bridgehead atoms. The van der Waals surface area contributed by atoms with Crippen LogP contribution in [0.5, 0.6) is 0 Å². The van der Waals surface area contributed by atoms with Crippen LogP contribution in [0.1, 0.15) is 6.92 Å². The Labute approximate surface area is 101 Å². The van der Waals surface area contributed by atoms with E-state index in [0.717, 1.165) is 0 Å². The summed E-state index contributed by atoms with van der Waals surface area (Å²) >= 11 is 0. The van der Waals surface area contributed by atoms with Crippen LogP contribution in [-0.2, 0) is 14.8 Å². The van der Waals surface area contributed by atoms with Gasteiger partial charge in [0.2, 0.25) is 10.0 Å². The zero-order valence-corrected chi connectivity index (χ0v) is 10.6. The third-order valence-electron chi connectivity index (χ3n) is 2.13. The number of benzene rings is 1. The van der Waals surface area contributed by atoms with Crippen LogP contribution in [0.2, 0.25) is 0 Å². The van der Waals surface area contributed by atoms with Gasteiger partial charge in [-0.15, -0.1) is 0 Å². The fourth-order valence-corrected chi connectivity index (χ4v) is 2.18. The maximum absolute atomic E-state index is 11.4. The van der Waals surface area contributed by atoms with E-state index in [1.165, 1.54) is 6.07 Å². The van der Waals surface area contributed by atoms with Crippen molar-refractivity contribution in [3.05, 3.63) is 18.2 Å². The SMILES string of the molecule is COCC(C)Nc1ccc(N)cc1S(N)(=O)=O. The molecular formula is C10H17N3O3S. The molecule has 1 aromatic rings. The monoisotopic (exact) mass is 259 g/mol. The molecule has 0 aliphatic rings. The molecule has 96 valence electrons. The molecule has 0 heterocycles. The molecule has 0 saturated carbocycles. The number of nitrogen functional groups attached to an aromatic ring is 1. The number of hydrogen-bond donors (Lipinski definition) is 3. The van der Waals surface area contributed by atoms with E-state index in [2.05, 4.69) is 5.32 Å². The average Bonchev–Trinajstić information content (AvgIpc) is 2.19. The number of anilines is 2. The fourth-order valence-electron chi connectivity index (χ4n) is 1.45. The summed E-state index contributed by atoms with van der Waals surface area (Å²) in [6, 6.07) is 4.48. The number of methoxy groups -OCH3 is 1. The van der Waals surface area contributed by atoms with E-state index in [1.807, 2.05) is 6.92 Å². The van der Waals surface area contributed by atoms with Crippen LogP contribution in [0.3, 0.4) is 0 Å². The van der Waals surface area contributed by atoms with Gasteiger partial charge in [0, 0.05) is 18.8 Å². The van der Waals surface area contributed by atoms with Gasteiger partial charge in [0.05, 0.1) is 12.3 Å². The first kappa shape index (κ1) is 13.8. The Morgan fingerprint density at radius 1 is 1.47 bits per heavy atom. The van der Waals surface area contributed by atoms with Gasteiger partial charge in [0.25, 0.3) is 0 Å². The Morgan fingerprint density at radius 3 is 2.65 bits per heavy atom. The van der Waals surface area contributed by atoms with Gasteiger partial charge in [-0.2, -0.15) is 0 Å². The van der Waals surface area contributed by atoms with Crippen molar-refractivity contribution in [2.45, 2.75) is 17.9 Å². The van der Waals surface area contributed by atoms with Gasteiger partial charge in [-0.25, -0.2) is 13.6 Å². The molecule has 1 aromatic carbocycles. The van der Waals surface area contributed by atoms with Crippen LogP contribution < -0.4 is 16.2 Å². The summed E-state index contributed by atoms with van der Waals surface area (Å²) in [6.45, 7) is 2.32. The number of ether oxygens (including phenoxy) is 1. The fraction of sp³-hybridized carbons (Fsp3) is 0.400. The van der Waals surface area contributed by atoms with Crippen molar-refractivity contribution in [2.24, 2.45) is 5.14 Å². The lowest BCUT2D eigenvalue weighted by molar-refractivity contribution is 0.190. The molecular weight excluding hydrogens is 242 g/mol. The first-order chi connectivity index (χ1) is 7.84. The van der Waals surface area contributed by atoms with Gasteiger partial charge in [-0.3, -0.25) is 0 Å². The molecule has 0 spiro atoms. The van der Waals surface area contributed by atoms with Gasteiger partial charge in [0.15, 0.2) is 0 Å². The topological polar surface area (TPSA) is 107 Å². The van der Waals surface area contributed by atoms with Crippen LogP contribution in [0.25, 0.3) is 0 Å². The number of primary sulfonamides is 1. The lowest BCUT2D eigenvalue weighted by Gasteiger charge is -2.16. The van der Waals surface area contributed by atoms with Crippen molar-refractivity contribution in [1.29, 1.82) is 0 Å². The summed E-state index contributed by atoms with van der Waals surface area (Å²) in [5.74, 6) is 0. The zero-order valence-electron chi connectivity index (χ0n) is 9.80. The van der Waals surface area contributed by atoms with Crippen molar-refractivity contribution in [3.8, 4) is 0 Å². The first-order valence-corrected chi connectivity index (χ1v) is 6.57. The van der Waals surface area contributed by atoms with Gasteiger partial charge < -0.3 is 15.8 Å². The highest BCUT2D eigenvalue weighted by molar-refractivity contribution is 7.89. The Morgan fingerprint density at radius 2 is 2.12 bits per heavy atom. The highest BCUT2D eigenvalue weighted by atomic mass is 32.2. The van der Waals surface area contributed by atoms with Crippen LogP contribution in [-0.4, -0.2) is 28.2 Å². The average molecular weight is 259 g/mol. The summed E-state index contributed by atoms with van der Waals surface area (Å²) in [7, 11) is -2.23. The summed E-state index contributed by atoms with van der Waals surface area (Å²) in [4.78, 5) is -0.0135. The molecule has 0 aliphatic heterocycles. The summed E-state index contributed by atoms with van der Waals surface area (Å²) in [5.41, 5.74) is 6.31. The molecule has 5 N–H and O–H groups in total. The van der Waals surface area contributed by atoms with Crippen LogP contribution >= 0.6 is 0 Å². The third-order valence-corrected chi connectivity index (χ3v) is 3.08. The molecule has 1 atom stereocenters. The quantitative estimate of drug-likeness (QED) is 0.662. The van der Waals surface area contributed by atoms with Crippen LogP contribution in [0.15, 0.2) is 23.1 Å². The second-order valence-electron chi connectivity index (χ2n) is 3.80. The van der Waals surface area contributed by atoms with Gasteiger partial charge in [-0.05, 0) is 25.1 Å². The van der Waals surface area contributed by atoms with Gasteiger partial charge in [-0.1, -0.05) is 0 Å². The zero-order chi connectivity index (χ0) is 13.1. The van der Waals surface area contributed by atoms with Crippen molar-refractivity contribution in [3.63, 3.8) is 0 Å². The number of sulfonamides is 1. The molecule has 1 unspecified atom stereocenters. The molecule has 6 nitrogen and oxygen atoms in total. The predicted octanol–water partition coefficient (Wildman–Crippen LogP) is 0.363. The van der Waals surface area contributed by atoms with Crippen molar-refractivity contribution < 1.29 is 13.2 Å². The molecule has 0 saturated heterocycles. The number of nitrogens with two attached hydrogens (primary N) is 2. The van der Waals surface area contributed by atoms with Crippen LogP contribution in [0.4, 0.5) is 11.4 Å². The second kappa shape index (κ2) is 5.35. The highest BCUT2D eigenvalue weighted by Gasteiger charge is 2.15. The Kier molecular flexibility index (Phi) is 4.33. The molecule has 17 heavy (non-hydrogen) atoms. The van der Waals surface area contributed by atoms with E-state index in [4.69, 9.17) is 15.6 Å². The van der Waals surface area contributed by atoms with E-state index >= 15 is 0 Å². The molecule has 0 amide bonds.